The van der Waals surface area contributed by atoms with Gasteiger partial charge in [-0.05, 0) is 33.2 Å². The topological polar surface area (TPSA) is 84.3 Å². The monoisotopic (exact) mass is 258 g/mol. The Labute approximate surface area is 112 Å². The second-order valence-electron chi connectivity index (χ2n) is 5.58. The summed E-state index contributed by atoms with van der Waals surface area (Å²) in [7, 11) is 0. The van der Waals surface area contributed by atoms with E-state index >= 15 is 0 Å². The van der Waals surface area contributed by atoms with Crippen molar-refractivity contribution in [2.24, 2.45) is 10.1 Å². The van der Waals surface area contributed by atoms with Crippen molar-refractivity contribution in [2.45, 2.75) is 38.8 Å². The molecule has 0 fully saturated rings. The molecule has 0 aromatic heterocycles. The van der Waals surface area contributed by atoms with Crippen molar-refractivity contribution in [3.63, 3.8) is 0 Å². The van der Waals surface area contributed by atoms with E-state index in [1.807, 2.05) is 27.7 Å². The lowest BCUT2D eigenvalue weighted by atomic mass is 9.84. The van der Waals surface area contributed by atoms with Crippen LogP contribution < -0.4 is 0 Å². The summed E-state index contributed by atoms with van der Waals surface area (Å²) in [5, 5.41) is 16.8. The molecule has 1 radical (unpaired) electrons. The van der Waals surface area contributed by atoms with Gasteiger partial charge in [0.1, 0.15) is 0 Å². The van der Waals surface area contributed by atoms with Gasteiger partial charge in [0.15, 0.2) is 5.84 Å². The second kappa shape index (κ2) is 4.26. The van der Waals surface area contributed by atoms with Crippen molar-refractivity contribution < 1.29 is 5.21 Å². The molecule has 0 atom stereocenters. The van der Waals surface area contributed by atoms with Crippen molar-refractivity contribution in [3.8, 4) is 0 Å². The maximum Gasteiger partial charge on any atom is 0.159 e. The lowest BCUT2D eigenvalue weighted by molar-refractivity contribution is -0.158. The predicted molar refractivity (Wildman–Crippen MR) is 72.5 cm³/mol. The number of benzene rings is 1. The third-order valence-electron chi connectivity index (χ3n) is 3.87. The molecule has 0 saturated carbocycles. The van der Waals surface area contributed by atoms with Gasteiger partial charge in [0.2, 0.25) is 0 Å². The number of amidine groups is 1. The largest absolute Gasteiger partial charge is 0.257 e. The highest BCUT2D eigenvalue weighted by atomic mass is 16.5. The van der Waals surface area contributed by atoms with Crippen LogP contribution in [0.2, 0.25) is 0 Å². The predicted octanol–water partition coefficient (Wildman–Crippen LogP) is 3.59. The van der Waals surface area contributed by atoms with Gasteiger partial charge in [0, 0.05) is 16.2 Å². The molecular formula is C13H16N5O. The number of nitrogens with zero attached hydrogens (tertiary/aromatic N) is 5. The quantitative estimate of drug-likeness (QED) is 0.453. The van der Waals surface area contributed by atoms with E-state index in [1.54, 1.807) is 24.3 Å². The summed E-state index contributed by atoms with van der Waals surface area (Å²) in [6.07, 6.45) is 0. The van der Waals surface area contributed by atoms with Crippen LogP contribution in [-0.2, 0) is 5.21 Å². The van der Waals surface area contributed by atoms with Crippen LogP contribution in [-0.4, -0.2) is 22.0 Å². The summed E-state index contributed by atoms with van der Waals surface area (Å²) >= 11 is 0. The van der Waals surface area contributed by atoms with Crippen molar-refractivity contribution in [2.75, 3.05) is 0 Å². The van der Waals surface area contributed by atoms with Crippen LogP contribution >= 0.6 is 0 Å². The van der Waals surface area contributed by atoms with Crippen LogP contribution in [0.1, 0.15) is 33.3 Å². The second-order valence-corrected chi connectivity index (χ2v) is 5.58. The van der Waals surface area contributed by atoms with Crippen molar-refractivity contribution in [1.82, 2.24) is 5.06 Å². The number of aliphatic imine (C=N–C) groups is 1. The summed E-state index contributed by atoms with van der Waals surface area (Å²) in [6.45, 7) is 7.65. The van der Waals surface area contributed by atoms with Crippen LogP contribution in [0.25, 0.3) is 10.4 Å². The molecule has 1 heterocycles. The molecule has 0 bridgehead atoms. The third-order valence-corrected chi connectivity index (χ3v) is 3.87. The first kappa shape index (κ1) is 13.4. The van der Waals surface area contributed by atoms with Crippen molar-refractivity contribution in [1.29, 1.82) is 0 Å². The van der Waals surface area contributed by atoms with Gasteiger partial charge < -0.3 is 0 Å². The normalized spacial score (nSPS) is 19.8. The summed E-state index contributed by atoms with van der Waals surface area (Å²) < 4.78 is 0. The van der Waals surface area contributed by atoms with Gasteiger partial charge in [-0.15, -0.1) is 0 Å². The third kappa shape index (κ3) is 2.05. The minimum absolute atomic E-state index is 0.419. The molecule has 6 nitrogen and oxygen atoms in total. The Bertz CT molecular complexity index is 567. The van der Waals surface area contributed by atoms with Gasteiger partial charge in [-0.25, -0.2) is 0 Å². The molecule has 0 spiro atoms. The van der Waals surface area contributed by atoms with Gasteiger partial charge in [-0.3, -0.25) is 4.99 Å². The fourth-order valence-corrected chi connectivity index (χ4v) is 1.87. The summed E-state index contributed by atoms with van der Waals surface area (Å²) in [5.74, 6) is 0.419. The smallest absolute Gasteiger partial charge is 0.159 e. The molecular weight excluding hydrogens is 242 g/mol. The fourth-order valence-electron chi connectivity index (χ4n) is 1.87. The average molecular weight is 258 g/mol. The van der Waals surface area contributed by atoms with E-state index < -0.39 is 11.1 Å². The summed E-state index contributed by atoms with van der Waals surface area (Å²) in [6, 6.07) is 6.82. The zero-order valence-electron chi connectivity index (χ0n) is 11.5. The highest BCUT2D eigenvalue weighted by Gasteiger charge is 2.50. The number of hydroxylamine groups is 2. The van der Waals surface area contributed by atoms with Gasteiger partial charge in [-0.1, -0.05) is 34.6 Å². The maximum absolute atomic E-state index is 12.4. The number of hydrogen-bond donors (Lipinski definition) is 0. The van der Waals surface area contributed by atoms with Crippen LogP contribution in [0.4, 0.5) is 5.69 Å². The van der Waals surface area contributed by atoms with E-state index in [0.29, 0.717) is 11.5 Å². The molecule has 0 aliphatic carbocycles. The number of rotatable bonds is 2. The molecule has 1 aliphatic heterocycles. The zero-order chi connectivity index (χ0) is 14.3. The molecule has 2 rings (SSSR count). The first-order valence-corrected chi connectivity index (χ1v) is 6.02. The van der Waals surface area contributed by atoms with E-state index in [1.165, 1.54) is 0 Å². The minimum atomic E-state index is -0.591. The van der Waals surface area contributed by atoms with Gasteiger partial charge in [-0.2, -0.15) is 5.06 Å². The molecule has 99 valence electrons. The van der Waals surface area contributed by atoms with Crippen LogP contribution in [0.15, 0.2) is 34.4 Å². The standard InChI is InChI=1S/C13H16N5O/c1-12(2)13(3,4)18(19)11(15-12)9-5-7-10(8-6-9)16-17-14/h5-8H,1-4H3. The molecule has 0 N–H and O–H groups in total. The molecule has 1 aromatic rings. The first-order valence-electron chi connectivity index (χ1n) is 6.02. The number of hydrogen-bond acceptors (Lipinski definition) is 3. The molecule has 0 amide bonds. The van der Waals surface area contributed by atoms with Crippen LogP contribution in [0.3, 0.4) is 0 Å². The highest BCUT2D eigenvalue weighted by molar-refractivity contribution is 6.00. The molecule has 19 heavy (non-hydrogen) atoms. The van der Waals surface area contributed by atoms with Crippen molar-refractivity contribution >= 4 is 11.5 Å². The van der Waals surface area contributed by atoms with E-state index in [2.05, 4.69) is 15.0 Å². The Hall–Kier alpha value is -2.04. The Balaban J connectivity index is 2.40. The summed E-state index contributed by atoms with van der Waals surface area (Å²) in [5.41, 5.74) is 8.56. The lowest BCUT2D eigenvalue weighted by Crippen LogP contribution is -2.50. The molecule has 0 unspecified atom stereocenters. The SMILES string of the molecule is CC1(C)N=C(c2ccc(N=[N+]=[N-])cc2)N([O])C1(C)C. The van der Waals surface area contributed by atoms with Gasteiger partial charge in [0.05, 0.1) is 11.1 Å². The van der Waals surface area contributed by atoms with E-state index in [-0.39, 0.29) is 0 Å². The average Bonchev–Trinajstić information content (AvgIpc) is 2.51. The van der Waals surface area contributed by atoms with Gasteiger partial charge >= 0.3 is 0 Å². The first-order chi connectivity index (χ1) is 8.79. The van der Waals surface area contributed by atoms with E-state index in [4.69, 9.17) is 5.53 Å². The van der Waals surface area contributed by atoms with E-state index in [9.17, 15) is 5.21 Å². The summed E-state index contributed by atoms with van der Waals surface area (Å²) in [4.78, 5) is 7.24. The van der Waals surface area contributed by atoms with Gasteiger partial charge in [0.25, 0.3) is 0 Å². The Morgan fingerprint density at radius 3 is 2.21 bits per heavy atom. The van der Waals surface area contributed by atoms with Crippen LogP contribution in [0.5, 0.6) is 0 Å². The highest BCUT2D eigenvalue weighted by Crippen LogP contribution is 2.38. The Morgan fingerprint density at radius 1 is 1.21 bits per heavy atom. The van der Waals surface area contributed by atoms with Crippen molar-refractivity contribution in [3.05, 3.63) is 40.3 Å². The zero-order valence-corrected chi connectivity index (χ0v) is 11.5. The molecule has 1 aliphatic rings. The minimum Gasteiger partial charge on any atom is -0.257 e. The maximum atomic E-state index is 12.4. The molecule has 0 saturated heterocycles. The molecule has 1 aromatic carbocycles. The Morgan fingerprint density at radius 2 is 1.79 bits per heavy atom. The van der Waals surface area contributed by atoms with E-state index in [0.717, 1.165) is 10.6 Å². The number of azide groups is 1. The Kier molecular flexibility index (Phi) is 3.00. The fraction of sp³-hybridized carbons (Fsp3) is 0.462. The van der Waals surface area contributed by atoms with Crippen LogP contribution in [0, 0.1) is 0 Å². The molecule has 6 heteroatoms. The lowest BCUT2D eigenvalue weighted by Gasteiger charge is -2.35.